The van der Waals surface area contributed by atoms with Gasteiger partial charge in [-0.25, -0.2) is 8.42 Å². The molecule has 2 heterocycles. The zero-order chi connectivity index (χ0) is 15.6. The van der Waals surface area contributed by atoms with Crippen molar-refractivity contribution in [3.05, 3.63) is 52.9 Å². The van der Waals surface area contributed by atoms with E-state index < -0.39 is 10.0 Å². The SMILES string of the molecule is Cc1ccccc1C1CCN(S(=O)(=O)c2cccs2)CCS1. The summed E-state index contributed by atoms with van der Waals surface area (Å²) in [6.07, 6.45) is 0.861. The Balaban J connectivity index is 1.77. The highest BCUT2D eigenvalue weighted by Gasteiger charge is 2.29. The molecule has 6 heteroatoms. The third-order valence-corrected chi connectivity index (χ3v) is 8.51. The second kappa shape index (κ2) is 6.74. The lowest BCUT2D eigenvalue weighted by Gasteiger charge is -2.19. The number of sulfonamides is 1. The lowest BCUT2D eigenvalue weighted by atomic mass is 10.0. The molecule has 0 amide bonds. The lowest BCUT2D eigenvalue weighted by Crippen LogP contribution is -2.32. The molecular weight excluding hydrogens is 334 g/mol. The van der Waals surface area contributed by atoms with Crippen molar-refractivity contribution in [3.63, 3.8) is 0 Å². The molecule has 118 valence electrons. The van der Waals surface area contributed by atoms with Crippen LogP contribution in [0.25, 0.3) is 0 Å². The topological polar surface area (TPSA) is 37.4 Å². The van der Waals surface area contributed by atoms with Crippen molar-refractivity contribution in [2.75, 3.05) is 18.8 Å². The number of benzene rings is 1. The molecule has 3 nitrogen and oxygen atoms in total. The van der Waals surface area contributed by atoms with Gasteiger partial charge >= 0.3 is 0 Å². The molecule has 1 fully saturated rings. The van der Waals surface area contributed by atoms with Crippen LogP contribution >= 0.6 is 23.1 Å². The van der Waals surface area contributed by atoms with E-state index in [0.29, 0.717) is 22.5 Å². The van der Waals surface area contributed by atoms with Crippen molar-refractivity contribution >= 4 is 33.1 Å². The van der Waals surface area contributed by atoms with E-state index in [1.54, 1.807) is 16.4 Å². The quantitative estimate of drug-likeness (QED) is 0.839. The summed E-state index contributed by atoms with van der Waals surface area (Å²) < 4.78 is 27.4. The summed E-state index contributed by atoms with van der Waals surface area (Å²) in [5.74, 6) is 0.837. The maximum Gasteiger partial charge on any atom is 0.252 e. The molecule has 0 spiro atoms. The van der Waals surface area contributed by atoms with Gasteiger partial charge in [-0.05, 0) is 35.9 Å². The molecule has 2 aromatic rings. The van der Waals surface area contributed by atoms with Crippen LogP contribution in [-0.2, 0) is 10.0 Å². The normalized spacial score (nSPS) is 20.7. The van der Waals surface area contributed by atoms with Crippen LogP contribution in [0.15, 0.2) is 46.0 Å². The first-order valence-electron chi connectivity index (χ1n) is 7.30. The summed E-state index contributed by atoms with van der Waals surface area (Å²) >= 11 is 3.16. The molecule has 3 rings (SSSR count). The van der Waals surface area contributed by atoms with E-state index in [1.807, 2.05) is 23.2 Å². The molecule has 0 bridgehead atoms. The number of thiophene rings is 1. The van der Waals surface area contributed by atoms with Gasteiger partial charge in [0.15, 0.2) is 0 Å². The van der Waals surface area contributed by atoms with E-state index in [2.05, 4.69) is 25.1 Å². The maximum absolute atomic E-state index is 12.6. The van der Waals surface area contributed by atoms with Crippen LogP contribution in [0.3, 0.4) is 0 Å². The van der Waals surface area contributed by atoms with Crippen molar-refractivity contribution in [3.8, 4) is 0 Å². The highest BCUT2D eigenvalue weighted by atomic mass is 32.2. The van der Waals surface area contributed by atoms with Gasteiger partial charge < -0.3 is 0 Å². The summed E-state index contributed by atoms with van der Waals surface area (Å²) in [4.78, 5) is 0. The molecule has 1 atom stereocenters. The van der Waals surface area contributed by atoms with E-state index in [9.17, 15) is 8.42 Å². The predicted octanol–water partition coefficient (Wildman–Crippen LogP) is 3.93. The Morgan fingerprint density at radius 3 is 2.68 bits per heavy atom. The van der Waals surface area contributed by atoms with Gasteiger partial charge in [-0.15, -0.1) is 11.3 Å². The van der Waals surface area contributed by atoms with Gasteiger partial charge in [0.2, 0.25) is 0 Å². The van der Waals surface area contributed by atoms with Crippen LogP contribution in [0.2, 0.25) is 0 Å². The minimum atomic E-state index is -3.32. The van der Waals surface area contributed by atoms with Crippen molar-refractivity contribution in [1.82, 2.24) is 4.31 Å². The first kappa shape index (κ1) is 16.1. The summed E-state index contributed by atoms with van der Waals surface area (Å²) in [6, 6.07) is 11.9. The summed E-state index contributed by atoms with van der Waals surface area (Å²) in [5, 5.41) is 2.19. The van der Waals surface area contributed by atoms with Crippen LogP contribution in [0.4, 0.5) is 0 Å². The minimum Gasteiger partial charge on any atom is -0.206 e. The molecule has 1 aromatic heterocycles. The molecule has 1 aromatic carbocycles. The lowest BCUT2D eigenvalue weighted by molar-refractivity contribution is 0.429. The number of aryl methyl sites for hydroxylation is 1. The van der Waals surface area contributed by atoms with Gasteiger partial charge in [-0.3, -0.25) is 0 Å². The minimum absolute atomic E-state index is 0.379. The fourth-order valence-electron chi connectivity index (χ4n) is 2.72. The molecule has 1 saturated heterocycles. The second-order valence-corrected chi connectivity index (χ2v) is 9.76. The van der Waals surface area contributed by atoms with E-state index >= 15 is 0 Å². The molecular formula is C16H19NO2S3. The summed E-state index contributed by atoms with van der Waals surface area (Å²) in [5.41, 5.74) is 2.62. The molecule has 0 aliphatic carbocycles. The third-order valence-electron chi connectivity index (χ3n) is 3.92. The van der Waals surface area contributed by atoms with Gasteiger partial charge in [-0.1, -0.05) is 30.3 Å². The second-order valence-electron chi connectivity index (χ2n) is 5.34. The Bertz CT molecular complexity index is 726. The van der Waals surface area contributed by atoms with E-state index in [-0.39, 0.29) is 0 Å². The largest absolute Gasteiger partial charge is 0.252 e. The first-order chi connectivity index (χ1) is 10.6. The Kier molecular flexibility index (Phi) is 4.92. The molecule has 1 aliphatic rings. The Morgan fingerprint density at radius 1 is 1.14 bits per heavy atom. The standard InChI is InChI=1S/C16H19NO2S3/c1-13-5-2-3-6-14(13)15-8-9-17(10-12-20-15)22(18,19)16-7-4-11-21-16/h2-7,11,15H,8-10,12H2,1H3. The maximum atomic E-state index is 12.6. The zero-order valence-corrected chi connectivity index (χ0v) is 14.9. The molecule has 1 unspecified atom stereocenters. The molecule has 0 radical (unpaired) electrons. The molecule has 1 aliphatic heterocycles. The van der Waals surface area contributed by atoms with Crippen LogP contribution in [0.1, 0.15) is 22.8 Å². The first-order valence-corrected chi connectivity index (χ1v) is 10.7. The van der Waals surface area contributed by atoms with Crippen molar-refractivity contribution in [1.29, 1.82) is 0 Å². The highest BCUT2D eigenvalue weighted by molar-refractivity contribution is 7.99. The average Bonchev–Trinajstić information content (AvgIpc) is 2.94. The fourth-order valence-corrected chi connectivity index (χ4v) is 6.77. The number of rotatable bonds is 3. The fraction of sp³-hybridized carbons (Fsp3) is 0.375. The van der Waals surface area contributed by atoms with Gasteiger partial charge in [0.25, 0.3) is 10.0 Å². The third kappa shape index (κ3) is 3.25. The molecule has 0 N–H and O–H groups in total. The predicted molar refractivity (Wildman–Crippen MR) is 94.1 cm³/mol. The van der Waals surface area contributed by atoms with Gasteiger partial charge in [0, 0.05) is 24.1 Å². The van der Waals surface area contributed by atoms with Crippen LogP contribution in [-0.4, -0.2) is 31.6 Å². The van der Waals surface area contributed by atoms with Crippen LogP contribution in [0, 0.1) is 6.92 Å². The number of hydrogen-bond acceptors (Lipinski definition) is 4. The summed E-state index contributed by atoms with van der Waals surface area (Å²) in [7, 11) is -3.32. The van der Waals surface area contributed by atoms with E-state index in [1.165, 1.54) is 22.5 Å². The number of thioether (sulfide) groups is 1. The van der Waals surface area contributed by atoms with Crippen molar-refractivity contribution in [2.45, 2.75) is 22.8 Å². The van der Waals surface area contributed by atoms with Gasteiger partial charge in [-0.2, -0.15) is 16.1 Å². The van der Waals surface area contributed by atoms with Crippen LogP contribution < -0.4 is 0 Å². The Labute approximate surface area is 140 Å². The van der Waals surface area contributed by atoms with E-state index in [0.717, 1.165) is 12.2 Å². The Morgan fingerprint density at radius 2 is 1.95 bits per heavy atom. The zero-order valence-electron chi connectivity index (χ0n) is 12.4. The smallest absolute Gasteiger partial charge is 0.206 e. The Hall–Kier alpha value is -0.820. The van der Waals surface area contributed by atoms with E-state index in [4.69, 9.17) is 0 Å². The number of nitrogens with zero attached hydrogens (tertiary/aromatic N) is 1. The van der Waals surface area contributed by atoms with Gasteiger partial charge in [0.05, 0.1) is 0 Å². The molecule has 22 heavy (non-hydrogen) atoms. The highest BCUT2D eigenvalue weighted by Crippen LogP contribution is 2.37. The number of hydrogen-bond donors (Lipinski definition) is 0. The van der Waals surface area contributed by atoms with Crippen molar-refractivity contribution in [2.24, 2.45) is 0 Å². The summed E-state index contributed by atoms with van der Waals surface area (Å²) in [6.45, 7) is 3.31. The molecule has 0 saturated carbocycles. The monoisotopic (exact) mass is 353 g/mol. The average molecular weight is 354 g/mol. The van der Waals surface area contributed by atoms with Gasteiger partial charge in [0.1, 0.15) is 4.21 Å². The van der Waals surface area contributed by atoms with Crippen LogP contribution in [0.5, 0.6) is 0 Å². The van der Waals surface area contributed by atoms with Crippen molar-refractivity contribution < 1.29 is 8.42 Å².